The molecule has 0 spiro atoms. The highest BCUT2D eigenvalue weighted by molar-refractivity contribution is 6.30. The predicted octanol–water partition coefficient (Wildman–Crippen LogP) is 2.17. The largest absolute Gasteiger partial charge is 0.356 e. The Balaban J connectivity index is 1.57. The highest BCUT2D eigenvalue weighted by Gasteiger charge is 2.44. The van der Waals surface area contributed by atoms with E-state index in [1.54, 1.807) is 7.05 Å². The zero-order valence-electron chi connectivity index (χ0n) is 14.3. The highest BCUT2D eigenvalue weighted by Crippen LogP contribution is 2.48. The molecule has 6 nitrogen and oxygen atoms in total. The molecule has 1 saturated carbocycles. The fourth-order valence-corrected chi connectivity index (χ4v) is 2.97. The van der Waals surface area contributed by atoms with Crippen LogP contribution < -0.4 is 10.6 Å². The second kappa shape index (κ2) is 6.81. The van der Waals surface area contributed by atoms with Gasteiger partial charge in [-0.15, -0.1) is 10.2 Å². The van der Waals surface area contributed by atoms with Crippen LogP contribution in [0.4, 0.5) is 0 Å². The number of hydrogen-bond acceptors (Lipinski definition) is 3. The summed E-state index contributed by atoms with van der Waals surface area (Å²) >= 11 is 6.13. The van der Waals surface area contributed by atoms with Crippen LogP contribution in [0, 0.1) is 6.92 Å². The van der Waals surface area contributed by atoms with Gasteiger partial charge in [-0.1, -0.05) is 23.7 Å². The smallest absolute Gasteiger partial charge is 0.191 e. The van der Waals surface area contributed by atoms with Gasteiger partial charge >= 0.3 is 0 Å². The molecule has 1 aliphatic rings. The molecule has 7 heteroatoms. The van der Waals surface area contributed by atoms with Gasteiger partial charge in [0.05, 0.1) is 6.54 Å². The topological polar surface area (TPSA) is 67.1 Å². The summed E-state index contributed by atoms with van der Waals surface area (Å²) in [6.07, 6.45) is 2.33. The normalized spacial score (nSPS) is 16.1. The number of nitrogens with zero attached hydrogens (tertiary/aromatic N) is 4. The SMILES string of the molecule is CN=C(NCc1nnc(C)n1C)NCC1(c2cccc(Cl)c2)CC1. The van der Waals surface area contributed by atoms with Gasteiger partial charge < -0.3 is 15.2 Å². The molecule has 0 radical (unpaired) electrons. The molecule has 0 atom stereocenters. The molecule has 0 amide bonds. The third-order valence-electron chi connectivity index (χ3n) is 4.71. The minimum Gasteiger partial charge on any atom is -0.356 e. The molecule has 1 aromatic carbocycles. The standard InChI is InChI=1S/C17H23ClN6/c1-12-22-23-15(24(12)3)10-20-16(19-2)21-11-17(7-8-17)13-5-4-6-14(18)9-13/h4-6,9H,7-8,10-11H2,1-3H3,(H2,19,20,21). The van der Waals surface area contributed by atoms with Crippen LogP contribution in [0.2, 0.25) is 5.02 Å². The fourth-order valence-electron chi connectivity index (χ4n) is 2.78. The highest BCUT2D eigenvalue weighted by atomic mass is 35.5. The first-order chi connectivity index (χ1) is 11.5. The minimum atomic E-state index is 0.171. The summed E-state index contributed by atoms with van der Waals surface area (Å²) < 4.78 is 1.97. The van der Waals surface area contributed by atoms with Crippen LogP contribution in [0.5, 0.6) is 0 Å². The summed E-state index contributed by atoms with van der Waals surface area (Å²) in [6, 6.07) is 8.15. The predicted molar refractivity (Wildman–Crippen MR) is 96.3 cm³/mol. The molecule has 2 N–H and O–H groups in total. The Morgan fingerprint density at radius 3 is 2.71 bits per heavy atom. The molecule has 0 aliphatic heterocycles. The Morgan fingerprint density at radius 1 is 1.33 bits per heavy atom. The number of rotatable bonds is 5. The van der Waals surface area contributed by atoms with Crippen molar-refractivity contribution in [3.63, 3.8) is 0 Å². The van der Waals surface area contributed by atoms with E-state index in [0.717, 1.165) is 29.2 Å². The molecule has 0 unspecified atom stereocenters. The molecule has 0 saturated heterocycles. The summed E-state index contributed by atoms with van der Waals surface area (Å²) in [5.74, 6) is 2.54. The third kappa shape index (κ3) is 3.53. The Bertz CT molecular complexity index is 747. The zero-order chi connectivity index (χ0) is 17.2. The average Bonchev–Trinajstić information content (AvgIpc) is 3.31. The van der Waals surface area contributed by atoms with Crippen molar-refractivity contribution in [2.75, 3.05) is 13.6 Å². The van der Waals surface area contributed by atoms with Crippen LogP contribution >= 0.6 is 11.6 Å². The lowest BCUT2D eigenvalue weighted by Crippen LogP contribution is -2.41. The van der Waals surface area contributed by atoms with Gasteiger partial charge in [0.25, 0.3) is 0 Å². The average molecular weight is 347 g/mol. The molecule has 1 heterocycles. The molecular weight excluding hydrogens is 324 g/mol. The van der Waals surface area contributed by atoms with Gasteiger partial charge in [-0.25, -0.2) is 0 Å². The summed E-state index contributed by atoms with van der Waals surface area (Å²) in [5, 5.41) is 15.7. The molecular formula is C17H23ClN6. The van der Waals surface area contributed by atoms with E-state index in [1.165, 1.54) is 18.4 Å². The van der Waals surface area contributed by atoms with E-state index in [0.29, 0.717) is 6.54 Å². The van der Waals surface area contributed by atoms with E-state index in [2.05, 4.69) is 38.0 Å². The van der Waals surface area contributed by atoms with Crippen LogP contribution in [-0.4, -0.2) is 34.3 Å². The van der Waals surface area contributed by atoms with Crippen molar-refractivity contribution in [2.24, 2.45) is 12.0 Å². The maximum atomic E-state index is 6.13. The quantitative estimate of drug-likeness (QED) is 0.643. The lowest BCUT2D eigenvalue weighted by Gasteiger charge is -2.19. The second-order valence-electron chi connectivity index (χ2n) is 6.29. The van der Waals surface area contributed by atoms with Gasteiger partial charge in [-0.2, -0.15) is 0 Å². The van der Waals surface area contributed by atoms with E-state index in [9.17, 15) is 0 Å². The number of nitrogens with one attached hydrogen (secondary N) is 2. The lowest BCUT2D eigenvalue weighted by molar-refractivity contribution is 0.639. The van der Waals surface area contributed by atoms with Gasteiger partial charge in [0.2, 0.25) is 0 Å². The lowest BCUT2D eigenvalue weighted by atomic mass is 9.96. The zero-order valence-corrected chi connectivity index (χ0v) is 15.1. The third-order valence-corrected chi connectivity index (χ3v) is 4.94. The van der Waals surface area contributed by atoms with E-state index in [1.807, 2.05) is 30.7 Å². The van der Waals surface area contributed by atoms with Gasteiger partial charge in [-0.3, -0.25) is 4.99 Å². The Kier molecular flexibility index (Phi) is 4.76. The molecule has 1 aromatic heterocycles. The van der Waals surface area contributed by atoms with Crippen LogP contribution in [0.15, 0.2) is 29.3 Å². The number of halogens is 1. The Hall–Kier alpha value is -2.08. The molecule has 24 heavy (non-hydrogen) atoms. The van der Waals surface area contributed by atoms with E-state index in [4.69, 9.17) is 11.6 Å². The van der Waals surface area contributed by atoms with Gasteiger partial charge in [0.1, 0.15) is 5.82 Å². The molecule has 0 bridgehead atoms. The van der Waals surface area contributed by atoms with Crippen molar-refractivity contribution >= 4 is 17.6 Å². The summed E-state index contributed by atoms with van der Waals surface area (Å²) in [7, 11) is 3.73. The first kappa shape index (κ1) is 16.8. The van der Waals surface area contributed by atoms with Crippen molar-refractivity contribution in [3.8, 4) is 0 Å². The second-order valence-corrected chi connectivity index (χ2v) is 6.73. The van der Waals surface area contributed by atoms with Crippen molar-refractivity contribution in [1.29, 1.82) is 0 Å². The minimum absolute atomic E-state index is 0.171. The number of benzene rings is 1. The Labute approximate surface area is 147 Å². The monoisotopic (exact) mass is 346 g/mol. The summed E-state index contributed by atoms with van der Waals surface area (Å²) in [5.41, 5.74) is 1.46. The number of hydrogen-bond donors (Lipinski definition) is 2. The van der Waals surface area contributed by atoms with Crippen molar-refractivity contribution in [1.82, 2.24) is 25.4 Å². The van der Waals surface area contributed by atoms with Crippen LogP contribution in [0.25, 0.3) is 0 Å². The van der Waals surface area contributed by atoms with Crippen LogP contribution in [-0.2, 0) is 19.0 Å². The van der Waals surface area contributed by atoms with E-state index < -0.39 is 0 Å². The first-order valence-electron chi connectivity index (χ1n) is 8.09. The van der Waals surface area contributed by atoms with E-state index in [-0.39, 0.29) is 5.41 Å². The van der Waals surface area contributed by atoms with Gasteiger partial charge in [0, 0.05) is 31.1 Å². The van der Waals surface area contributed by atoms with Gasteiger partial charge in [0.15, 0.2) is 11.8 Å². The van der Waals surface area contributed by atoms with Crippen molar-refractivity contribution in [3.05, 3.63) is 46.5 Å². The molecule has 1 fully saturated rings. The fraction of sp³-hybridized carbons (Fsp3) is 0.471. The maximum absolute atomic E-state index is 6.13. The van der Waals surface area contributed by atoms with Gasteiger partial charge in [-0.05, 0) is 37.5 Å². The maximum Gasteiger partial charge on any atom is 0.191 e. The molecule has 1 aliphatic carbocycles. The molecule has 3 rings (SSSR count). The van der Waals surface area contributed by atoms with Crippen molar-refractivity contribution < 1.29 is 0 Å². The summed E-state index contributed by atoms with van der Waals surface area (Å²) in [4.78, 5) is 4.29. The number of guanidine groups is 1. The molecule has 128 valence electrons. The molecule has 2 aromatic rings. The Morgan fingerprint density at radius 2 is 2.12 bits per heavy atom. The number of aryl methyl sites for hydroxylation is 1. The van der Waals surface area contributed by atoms with Crippen molar-refractivity contribution in [2.45, 2.75) is 31.7 Å². The summed E-state index contributed by atoms with van der Waals surface area (Å²) in [6.45, 7) is 3.36. The van der Waals surface area contributed by atoms with Crippen LogP contribution in [0.1, 0.15) is 30.1 Å². The van der Waals surface area contributed by atoms with Crippen LogP contribution in [0.3, 0.4) is 0 Å². The number of aromatic nitrogens is 3. The number of aliphatic imine (C=N–C) groups is 1. The first-order valence-corrected chi connectivity index (χ1v) is 8.47. The van der Waals surface area contributed by atoms with E-state index >= 15 is 0 Å².